The zero-order valence-corrected chi connectivity index (χ0v) is 14.2. The Labute approximate surface area is 144 Å². The third kappa shape index (κ3) is 3.01. The Morgan fingerprint density at radius 1 is 1.25 bits per heavy atom. The van der Waals surface area contributed by atoms with Crippen molar-refractivity contribution in [2.75, 3.05) is 5.32 Å². The monoisotopic (exact) mass is 338 g/mol. The second-order valence-electron chi connectivity index (χ2n) is 5.97. The van der Waals surface area contributed by atoms with E-state index >= 15 is 0 Å². The summed E-state index contributed by atoms with van der Waals surface area (Å²) in [6, 6.07) is 10.2. The van der Waals surface area contributed by atoms with E-state index in [0.29, 0.717) is 6.04 Å². The van der Waals surface area contributed by atoms with Gasteiger partial charge in [0.15, 0.2) is 5.16 Å². The molecule has 5 nitrogen and oxygen atoms in total. The van der Waals surface area contributed by atoms with Crippen molar-refractivity contribution in [3.05, 3.63) is 48.9 Å². The van der Waals surface area contributed by atoms with E-state index in [1.165, 1.54) is 24.6 Å². The van der Waals surface area contributed by atoms with Gasteiger partial charge in [-0.25, -0.2) is 4.98 Å². The number of rotatable bonds is 5. The van der Waals surface area contributed by atoms with Crippen molar-refractivity contribution in [1.82, 2.24) is 14.5 Å². The zero-order valence-electron chi connectivity index (χ0n) is 13.3. The van der Waals surface area contributed by atoms with Crippen molar-refractivity contribution in [2.45, 2.75) is 36.2 Å². The molecule has 0 radical (unpaired) electrons. The summed E-state index contributed by atoms with van der Waals surface area (Å²) in [6.45, 7) is 1.91. The number of nitrogens with zero attached hydrogens (tertiary/aromatic N) is 3. The van der Waals surface area contributed by atoms with Crippen LogP contribution in [-0.2, 0) is 4.79 Å². The summed E-state index contributed by atoms with van der Waals surface area (Å²) in [6.07, 6.45) is 7.97. The highest BCUT2D eigenvalue weighted by Gasteiger charge is 2.27. The van der Waals surface area contributed by atoms with Crippen molar-refractivity contribution in [3.63, 3.8) is 0 Å². The van der Waals surface area contributed by atoms with Crippen molar-refractivity contribution >= 4 is 34.3 Å². The maximum absolute atomic E-state index is 12.6. The lowest BCUT2D eigenvalue weighted by Gasteiger charge is -2.14. The Balaban J connectivity index is 1.49. The molecule has 1 saturated carbocycles. The molecule has 1 aliphatic rings. The maximum Gasteiger partial charge on any atom is 0.237 e. The number of amides is 1. The van der Waals surface area contributed by atoms with Gasteiger partial charge in [-0.2, -0.15) is 0 Å². The maximum atomic E-state index is 12.6. The first-order chi connectivity index (χ1) is 11.7. The molecule has 24 heavy (non-hydrogen) atoms. The third-order valence-electron chi connectivity index (χ3n) is 4.13. The van der Waals surface area contributed by atoms with Gasteiger partial charge in [-0.3, -0.25) is 9.78 Å². The minimum Gasteiger partial charge on any atom is -0.324 e. The number of fused-ring (bicyclic) bond motifs is 1. The number of aromatic nitrogens is 3. The molecule has 1 fully saturated rings. The lowest BCUT2D eigenvalue weighted by Crippen LogP contribution is -2.23. The predicted octanol–water partition coefficient (Wildman–Crippen LogP) is 3.89. The highest BCUT2D eigenvalue weighted by atomic mass is 32.2. The number of imidazole rings is 1. The average Bonchev–Trinajstić information content (AvgIpc) is 3.34. The Morgan fingerprint density at radius 3 is 2.96 bits per heavy atom. The number of carbonyl (C=O) groups is 1. The summed E-state index contributed by atoms with van der Waals surface area (Å²) in [4.78, 5) is 21.3. The summed E-state index contributed by atoms with van der Waals surface area (Å²) < 4.78 is 2.18. The molecule has 2 aromatic heterocycles. The first-order valence-corrected chi connectivity index (χ1v) is 8.94. The number of thioether (sulfide) groups is 1. The zero-order chi connectivity index (χ0) is 16.5. The fourth-order valence-electron chi connectivity index (χ4n) is 2.68. The molecule has 1 unspecified atom stereocenters. The van der Waals surface area contributed by atoms with Crippen molar-refractivity contribution in [2.24, 2.45) is 0 Å². The number of nitrogens with one attached hydrogen (secondary N) is 1. The lowest BCUT2D eigenvalue weighted by molar-refractivity contribution is -0.115. The summed E-state index contributed by atoms with van der Waals surface area (Å²) in [5.41, 5.74) is 1.67. The summed E-state index contributed by atoms with van der Waals surface area (Å²) in [5.74, 6) is -0.0262. The molecule has 1 aromatic carbocycles. The second-order valence-corrected chi connectivity index (χ2v) is 7.28. The van der Waals surface area contributed by atoms with Crippen LogP contribution in [0.5, 0.6) is 0 Å². The molecule has 4 rings (SSSR count). The highest BCUT2D eigenvalue weighted by molar-refractivity contribution is 8.00. The first kappa shape index (κ1) is 15.2. The van der Waals surface area contributed by atoms with Crippen LogP contribution in [0.15, 0.2) is 54.1 Å². The SMILES string of the molecule is CC(Sc1nccn1C1CC1)C(=O)Nc1cccc2ncccc12. The van der Waals surface area contributed by atoms with Gasteiger partial charge < -0.3 is 9.88 Å². The van der Waals surface area contributed by atoms with Gasteiger partial charge >= 0.3 is 0 Å². The summed E-state index contributed by atoms with van der Waals surface area (Å²) in [5, 5.41) is 4.66. The number of benzene rings is 1. The number of pyridine rings is 1. The van der Waals surface area contributed by atoms with E-state index in [0.717, 1.165) is 21.7 Å². The molecular formula is C18H18N4OS. The molecule has 0 bridgehead atoms. The van der Waals surface area contributed by atoms with E-state index in [4.69, 9.17) is 0 Å². The van der Waals surface area contributed by atoms with E-state index in [1.54, 1.807) is 6.20 Å². The third-order valence-corrected chi connectivity index (χ3v) is 5.22. The van der Waals surface area contributed by atoms with Crippen molar-refractivity contribution in [1.29, 1.82) is 0 Å². The molecule has 0 saturated heterocycles. The van der Waals surface area contributed by atoms with Crippen LogP contribution in [0.3, 0.4) is 0 Å². The molecule has 2 heterocycles. The van der Waals surface area contributed by atoms with Gasteiger partial charge in [0.25, 0.3) is 0 Å². The fraction of sp³-hybridized carbons (Fsp3) is 0.278. The number of hydrogen-bond acceptors (Lipinski definition) is 4. The van der Waals surface area contributed by atoms with E-state index in [2.05, 4.69) is 19.9 Å². The Morgan fingerprint density at radius 2 is 2.12 bits per heavy atom. The smallest absolute Gasteiger partial charge is 0.237 e. The molecule has 1 aliphatic carbocycles. The number of anilines is 1. The van der Waals surface area contributed by atoms with Gasteiger partial charge in [-0.1, -0.05) is 17.8 Å². The van der Waals surface area contributed by atoms with Crippen molar-refractivity contribution in [3.8, 4) is 0 Å². The molecule has 1 amide bonds. The van der Waals surface area contributed by atoms with Crippen LogP contribution in [0, 0.1) is 0 Å². The van der Waals surface area contributed by atoms with E-state index < -0.39 is 0 Å². The minimum absolute atomic E-state index is 0.0262. The van der Waals surface area contributed by atoms with Crippen LogP contribution < -0.4 is 5.32 Å². The Bertz CT molecular complexity index is 882. The first-order valence-electron chi connectivity index (χ1n) is 8.06. The second kappa shape index (κ2) is 6.28. The highest BCUT2D eigenvalue weighted by Crippen LogP contribution is 2.38. The van der Waals surface area contributed by atoms with Crippen LogP contribution in [0.25, 0.3) is 10.9 Å². The van der Waals surface area contributed by atoms with E-state index in [-0.39, 0.29) is 11.2 Å². The van der Waals surface area contributed by atoms with E-state index in [1.807, 2.05) is 49.6 Å². The van der Waals surface area contributed by atoms with Gasteiger partial charge in [0.1, 0.15) is 0 Å². The van der Waals surface area contributed by atoms with Crippen LogP contribution in [-0.4, -0.2) is 25.7 Å². The van der Waals surface area contributed by atoms with Gasteiger partial charge in [0, 0.05) is 30.0 Å². The number of hydrogen-bond donors (Lipinski definition) is 1. The quantitative estimate of drug-likeness (QED) is 0.717. The fourth-order valence-corrected chi connectivity index (χ4v) is 3.62. The summed E-state index contributed by atoms with van der Waals surface area (Å²) in [7, 11) is 0. The molecule has 6 heteroatoms. The lowest BCUT2D eigenvalue weighted by atomic mass is 10.2. The van der Waals surface area contributed by atoms with Crippen LogP contribution in [0.4, 0.5) is 5.69 Å². The molecule has 1 atom stereocenters. The van der Waals surface area contributed by atoms with Crippen molar-refractivity contribution < 1.29 is 4.79 Å². The largest absolute Gasteiger partial charge is 0.324 e. The Kier molecular flexibility index (Phi) is 3.98. The standard InChI is InChI=1S/C18H18N4OS/c1-12(24-18-20-10-11-22(18)13-7-8-13)17(23)21-16-6-2-5-15-14(16)4-3-9-19-15/h2-6,9-13H,7-8H2,1H3,(H,21,23). The molecular weight excluding hydrogens is 320 g/mol. The Hall–Kier alpha value is -2.34. The topological polar surface area (TPSA) is 59.8 Å². The van der Waals surface area contributed by atoms with E-state index in [9.17, 15) is 4.79 Å². The number of carbonyl (C=O) groups excluding carboxylic acids is 1. The molecule has 1 N–H and O–H groups in total. The average molecular weight is 338 g/mol. The molecule has 0 aliphatic heterocycles. The molecule has 0 spiro atoms. The minimum atomic E-state index is -0.225. The predicted molar refractivity (Wildman–Crippen MR) is 96.2 cm³/mol. The van der Waals surface area contributed by atoms with Crippen LogP contribution in [0.1, 0.15) is 25.8 Å². The molecule has 122 valence electrons. The van der Waals surface area contributed by atoms with Crippen LogP contribution >= 0.6 is 11.8 Å². The summed E-state index contributed by atoms with van der Waals surface area (Å²) >= 11 is 1.50. The van der Waals surface area contributed by atoms with Gasteiger partial charge in [-0.05, 0) is 44.0 Å². The molecule has 3 aromatic rings. The van der Waals surface area contributed by atoms with Gasteiger partial charge in [0.2, 0.25) is 5.91 Å². The normalized spacial score (nSPS) is 15.4. The van der Waals surface area contributed by atoms with Gasteiger partial charge in [0.05, 0.1) is 16.5 Å². The van der Waals surface area contributed by atoms with Gasteiger partial charge in [-0.15, -0.1) is 0 Å². The van der Waals surface area contributed by atoms with Crippen LogP contribution in [0.2, 0.25) is 0 Å².